The minimum absolute atomic E-state index is 0.172. The lowest BCUT2D eigenvalue weighted by molar-refractivity contribution is 0.0371. The van der Waals surface area contributed by atoms with E-state index in [9.17, 15) is 4.79 Å². The maximum absolute atomic E-state index is 12.6. The van der Waals surface area contributed by atoms with Crippen LogP contribution < -0.4 is 10.2 Å². The fourth-order valence-electron chi connectivity index (χ4n) is 4.42. The van der Waals surface area contributed by atoms with Gasteiger partial charge in [-0.15, -0.1) is 5.10 Å². The number of hydrogen-bond donors (Lipinski definition) is 1. The zero-order valence-corrected chi connectivity index (χ0v) is 20.9. The quantitative estimate of drug-likeness (QED) is 0.351. The molecule has 0 amide bonds. The number of aromatic nitrogens is 3. The molecule has 1 fully saturated rings. The third kappa shape index (κ3) is 5.56. The van der Waals surface area contributed by atoms with E-state index in [1.807, 2.05) is 67.1 Å². The first-order chi connectivity index (χ1) is 17.6. The van der Waals surface area contributed by atoms with E-state index >= 15 is 0 Å². The predicted octanol–water partition coefficient (Wildman–Crippen LogP) is 4.50. The number of fused-ring (bicyclic) bond motifs is 1. The Balaban J connectivity index is 1.25. The number of anilines is 3. The van der Waals surface area contributed by atoms with Crippen molar-refractivity contribution in [1.82, 2.24) is 19.5 Å². The molecule has 1 saturated heterocycles. The van der Waals surface area contributed by atoms with E-state index in [1.54, 1.807) is 0 Å². The summed E-state index contributed by atoms with van der Waals surface area (Å²) in [6.07, 6.45) is 1.42. The van der Waals surface area contributed by atoms with Gasteiger partial charge in [-0.05, 0) is 61.5 Å². The lowest BCUT2D eigenvalue weighted by Gasteiger charge is -2.26. The molecule has 186 valence electrons. The van der Waals surface area contributed by atoms with Gasteiger partial charge in [-0.2, -0.15) is 4.98 Å². The van der Waals surface area contributed by atoms with Crippen LogP contribution in [0.1, 0.15) is 23.2 Å². The Hall–Kier alpha value is -3.75. The van der Waals surface area contributed by atoms with Gasteiger partial charge in [-0.3, -0.25) is 9.69 Å². The van der Waals surface area contributed by atoms with Crippen molar-refractivity contribution in [2.75, 3.05) is 57.2 Å². The first kappa shape index (κ1) is 24.0. The molecule has 0 bridgehead atoms. The molecule has 0 spiro atoms. The van der Waals surface area contributed by atoms with Crippen molar-refractivity contribution in [1.29, 1.82) is 0 Å². The lowest BCUT2D eigenvalue weighted by atomic mass is 10.1. The summed E-state index contributed by atoms with van der Waals surface area (Å²) in [5.41, 5.74) is 5.49. The second-order valence-electron chi connectivity index (χ2n) is 9.24. The first-order valence-corrected chi connectivity index (χ1v) is 12.4. The number of carbonyl (C=O) groups excluding carboxylic acids is 1. The number of ether oxygens (including phenoxy) is 1. The average molecular weight is 485 g/mol. The van der Waals surface area contributed by atoms with Crippen LogP contribution in [-0.4, -0.2) is 72.2 Å². The van der Waals surface area contributed by atoms with Crippen LogP contribution in [0.25, 0.3) is 16.9 Å². The highest BCUT2D eigenvalue weighted by Crippen LogP contribution is 2.25. The van der Waals surface area contributed by atoms with Crippen LogP contribution >= 0.6 is 0 Å². The number of carbonyl (C=O) groups is 1. The van der Waals surface area contributed by atoms with E-state index in [1.165, 1.54) is 0 Å². The van der Waals surface area contributed by atoms with Gasteiger partial charge < -0.3 is 15.0 Å². The van der Waals surface area contributed by atoms with E-state index < -0.39 is 0 Å². The SMILES string of the molecule is CN(C)c1cccc(-c2cccc3nc(Nc4ccc(C(=O)CCCN5CCOCC5)cc4)nn23)c1. The van der Waals surface area contributed by atoms with Crippen LogP contribution in [0.15, 0.2) is 66.7 Å². The molecule has 5 rings (SSSR count). The van der Waals surface area contributed by atoms with Crippen molar-refractivity contribution in [3.05, 3.63) is 72.3 Å². The molecular weight excluding hydrogens is 452 g/mol. The number of hydrogen-bond acceptors (Lipinski definition) is 7. The van der Waals surface area contributed by atoms with Gasteiger partial charge in [0.1, 0.15) is 0 Å². The van der Waals surface area contributed by atoms with Gasteiger partial charge >= 0.3 is 0 Å². The number of benzene rings is 2. The molecule has 1 aliphatic rings. The van der Waals surface area contributed by atoms with Crippen LogP contribution in [0.5, 0.6) is 0 Å². The molecule has 0 atom stereocenters. The van der Waals surface area contributed by atoms with Gasteiger partial charge in [0.15, 0.2) is 11.4 Å². The summed E-state index contributed by atoms with van der Waals surface area (Å²) in [5, 5.41) is 7.97. The molecule has 8 heteroatoms. The van der Waals surface area contributed by atoms with E-state index in [-0.39, 0.29) is 5.78 Å². The molecule has 0 aliphatic carbocycles. The van der Waals surface area contributed by atoms with Crippen LogP contribution in [0, 0.1) is 0 Å². The zero-order valence-electron chi connectivity index (χ0n) is 20.9. The molecule has 2 aromatic carbocycles. The fourth-order valence-corrected chi connectivity index (χ4v) is 4.42. The highest BCUT2D eigenvalue weighted by Gasteiger charge is 2.13. The minimum Gasteiger partial charge on any atom is -0.379 e. The highest BCUT2D eigenvalue weighted by atomic mass is 16.5. The van der Waals surface area contributed by atoms with Crippen molar-refractivity contribution in [3.8, 4) is 11.3 Å². The summed E-state index contributed by atoms with van der Waals surface area (Å²) < 4.78 is 7.23. The summed E-state index contributed by atoms with van der Waals surface area (Å²) >= 11 is 0. The zero-order chi connectivity index (χ0) is 24.9. The summed E-state index contributed by atoms with van der Waals surface area (Å²) in [7, 11) is 4.06. The Morgan fingerprint density at radius 3 is 2.58 bits per heavy atom. The van der Waals surface area contributed by atoms with Gasteiger partial charge in [0, 0.05) is 56.1 Å². The van der Waals surface area contributed by atoms with Crippen molar-refractivity contribution >= 4 is 28.8 Å². The Morgan fingerprint density at radius 2 is 1.81 bits per heavy atom. The van der Waals surface area contributed by atoms with E-state index in [0.717, 1.165) is 73.1 Å². The summed E-state index contributed by atoms with van der Waals surface area (Å²) in [4.78, 5) is 21.7. The molecule has 1 N–H and O–H groups in total. The first-order valence-electron chi connectivity index (χ1n) is 12.4. The minimum atomic E-state index is 0.172. The smallest absolute Gasteiger partial charge is 0.247 e. The van der Waals surface area contributed by atoms with Gasteiger partial charge in [-0.1, -0.05) is 18.2 Å². The Morgan fingerprint density at radius 1 is 1.03 bits per heavy atom. The van der Waals surface area contributed by atoms with Crippen molar-refractivity contribution in [3.63, 3.8) is 0 Å². The van der Waals surface area contributed by atoms with Gasteiger partial charge in [0.2, 0.25) is 5.95 Å². The number of morpholine rings is 1. The van der Waals surface area contributed by atoms with Crippen LogP contribution in [0.2, 0.25) is 0 Å². The average Bonchev–Trinajstić information content (AvgIpc) is 3.32. The molecular formula is C28H32N6O2. The summed E-state index contributed by atoms with van der Waals surface area (Å²) in [5.74, 6) is 0.682. The van der Waals surface area contributed by atoms with Crippen LogP contribution in [0.4, 0.5) is 17.3 Å². The standard InChI is InChI=1S/C28H32N6O2/c1-32(2)24-7-3-6-22(20-24)25-8-4-10-27-30-28(31-34(25)27)29-23-13-11-21(12-14-23)26(35)9-5-15-33-16-18-36-19-17-33/h3-4,6-8,10-14,20H,5,9,15-19H2,1-2H3,(H,29,31). The lowest BCUT2D eigenvalue weighted by Crippen LogP contribution is -2.36. The summed E-state index contributed by atoms with van der Waals surface area (Å²) in [6, 6.07) is 21.9. The Labute approximate surface area is 211 Å². The normalized spacial score (nSPS) is 14.2. The Bertz CT molecular complexity index is 1330. The molecule has 1 aliphatic heterocycles. The van der Waals surface area contributed by atoms with E-state index in [2.05, 4.69) is 38.3 Å². The molecule has 8 nitrogen and oxygen atoms in total. The number of Topliss-reactive ketones (excluding diaryl/α,β-unsaturated/α-hetero) is 1. The highest BCUT2D eigenvalue weighted by molar-refractivity contribution is 5.96. The van der Waals surface area contributed by atoms with Gasteiger partial charge in [0.25, 0.3) is 0 Å². The number of rotatable bonds is 9. The maximum Gasteiger partial charge on any atom is 0.247 e. The van der Waals surface area contributed by atoms with E-state index in [4.69, 9.17) is 9.84 Å². The maximum atomic E-state index is 12.6. The largest absolute Gasteiger partial charge is 0.379 e. The molecule has 2 aromatic heterocycles. The number of pyridine rings is 1. The Kier molecular flexibility index (Phi) is 7.25. The molecule has 0 radical (unpaired) electrons. The number of nitrogens with one attached hydrogen (secondary N) is 1. The summed E-state index contributed by atoms with van der Waals surface area (Å²) in [6.45, 7) is 4.42. The number of nitrogens with zero attached hydrogens (tertiary/aromatic N) is 5. The van der Waals surface area contributed by atoms with Gasteiger partial charge in [-0.25, -0.2) is 4.52 Å². The molecule has 0 unspecified atom stereocenters. The predicted molar refractivity (Wildman–Crippen MR) is 143 cm³/mol. The second kappa shape index (κ2) is 10.9. The third-order valence-corrected chi connectivity index (χ3v) is 6.46. The van der Waals surface area contributed by atoms with Crippen molar-refractivity contribution in [2.24, 2.45) is 0 Å². The number of ketones is 1. The molecule has 4 aromatic rings. The molecule has 0 saturated carbocycles. The van der Waals surface area contributed by atoms with Crippen molar-refractivity contribution in [2.45, 2.75) is 12.8 Å². The topological polar surface area (TPSA) is 75.0 Å². The van der Waals surface area contributed by atoms with Crippen LogP contribution in [0.3, 0.4) is 0 Å². The van der Waals surface area contributed by atoms with Gasteiger partial charge in [0.05, 0.1) is 18.9 Å². The third-order valence-electron chi connectivity index (χ3n) is 6.46. The second-order valence-corrected chi connectivity index (χ2v) is 9.24. The van der Waals surface area contributed by atoms with Crippen LogP contribution in [-0.2, 0) is 4.74 Å². The molecule has 36 heavy (non-hydrogen) atoms. The monoisotopic (exact) mass is 484 g/mol. The van der Waals surface area contributed by atoms with E-state index in [0.29, 0.717) is 12.4 Å². The fraction of sp³-hybridized carbons (Fsp3) is 0.321. The van der Waals surface area contributed by atoms with Crippen molar-refractivity contribution < 1.29 is 9.53 Å². The molecule has 3 heterocycles.